The predicted octanol–water partition coefficient (Wildman–Crippen LogP) is 4.61. The molecule has 0 radical (unpaired) electrons. The Morgan fingerprint density at radius 1 is 1.33 bits per heavy atom. The molecular weight excluding hydrogens is 457 g/mol. The minimum absolute atomic E-state index is 0. The summed E-state index contributed by atoms with van der Waals surface area (Å²) in [6.45, 7) is 9.01. The molecule has 1 heterocycles. The molecule has 0 spiro atoms. The summed E-state index contributed by atoms with van der Waals surface area (Å²) in [6.07, 6.45) is 2.85. The third-order valence-electron chi connectivity index (χ3n) is 4.42. The van der Waals surface area contributed by atoms with Crippen molar-refractivity contribution in [2.45, 2.75) is 46.6 Å². The molecule has 24 heavy (non-hydrogen) atoms. The molecule has 0 aliphatic carbocycles. The van der Waals surface area contributed by atoms with E-state index in [2.05, 4.69) is 37.1 Å². The summed E-state index contributed by atoms with van der Waals surface area (Å²) < 4.78 is 0.814. The fourth-order valence-electron chi connectivity index (χ4n) is 2.60. The van der Waals surface area contributed by atoms with E-state index < -0.39 is 0 Å². The summed E-state index contributed by atoms with van der Waals surface area (Å²) >= 11 is 7.61. The molecule has 0 bridgehead atoms. The van der Waals surface area contributed by atoms with E-state index in [1.54, 1.807) is 11.3 Å². The maximum Gasteiger partial charge on any atom is 0.194 e. The van der Waals surface area contributed by atoms with E-state index in [0.29, 0.717) is 0 Å². The van der Waals surface area contributed by atoms with Crippen LogP contribution in [0.15, 0.2) is 17.1 Å². The SMILES string of the molecule is CCNC(=NCC(CC)(CC)CCO)N(C)Cc1ccc(Cl)s1.I. The molecule has 0 saturated heterocycles. The van der Waals surface area contributed by atoms with Crippen LogP contribution in [0.5, 0.6) is 0 Å². The second-order valence-electron chi connectivity index (χ2n) is 5.91. The Labute approximate surface area is 172 Å². The topological polar surface area (TPSA) is 47.9 Å². The number of guanidine groups is 1. The Hall–Kier alpha value is -0.0500. The zero-order chi connectivity index (χ0) is 17.3. The van der Waals surface area contributed by atoms with Crippen LogP contribution in [0.4, 0.5) is 0 Å². The number of aliphatic hydroxyl groups excluding tert-OH is 1. The molecular formula is C17H31ClIN3OS. The lowest BCUT2D eigenvalue weighted by Gasteiger charge is -2.30. The van der Waals surface area contributed by atoms with Crippen LogP contribution in [0, 0.1) is 5.41 Å². The Bertz CT molecular complexity index is 492. The number of hydrogen-bond acceptors (Lipinski definition) is 3. The highest BCUT2D eigenvalue weighted by Crippen LogP contribution is 2.30. The molecule has 0 aliphatic heterocycles. The van der Waals surface area contributed by atoms with E-state index >= 15 is 0 Å². The van der Waals surface area contributed by atoms with Gasteiger partial charge in [-0.15, -0.1) is 35.3 Å². The van der Waals surface area contributed by atoms with Crippen molar-refractivity contribution in [1.29, 1.82) is 0 Å². The predicted molar refractivity (Wildman–Crippen MR) is 117 cm³/mol. The summed E-state index contributed by atoms with van der Waals surface area (Å²) in [4.78, 5) is 8.19. The summed E-state index contributed by atoms with van der Waals surface area (Å²) in [5.74, 6) is 0.904. The van der Waals surface area contributed by atoms with Gasteiger partial charge in [0, 0.05) is 31.6 Å². The summed E-state index contributed by atoms with van der Waals surface area (Å²) in [7, 11) is 2.04. The third-order valence-corrected chi connectivity index (χ3v) is 5.64. The highest BCUT2D eigenvalue weighted by atomic mass is 127. The summed E-state index contributed by atoms with van der Waals surface area (Å²) in [5.41, 5.74) is 0.0858. The average Bonchev–Trinajstić information content (AvgIpc) is 2.95. The average molecular weight is 488 g/mol. The molecule has 7 heteroatoms. The van der Waals surface area contributed by atoms with Crippen LogP contribution in [-0.2, 0) is 6.54 Å². The molecule has 0 atom stereocenters. The number of nitrogens with one attached hydrogen (secondary N) is 1. The van der Waals surface area contributed by atoms with Gasteiger partial charge in [0.25, 0.3) is 0 Å². The minimum Gasteiger partial charge on any atom is -0.396 e. The molecule has 0 unspecified atom stereocenters. The smallest absolute Gasteiger partial charge is 0.194 e. The van der Waals surface area contributed by atoms with Gasteiger partial charge in [0.05, 0.1) is 10.9 Å². The van der Waals surface area contributed by atoms with Gasteiger partial charge in [0.1, 0.15) is 0 Å². The van der Waals surface area contributed by atoms with E-state index in [4.69, 9.17) is 16.6 Å². The van der Waals surface area contributed by atoms with Crippen molar-refractivity contribution in [3.8, 4) is 0 Å². The lowest BCUT2D eigenvalue weighted by atomic mass is 9.79. The lowest BCUT2D eigenvalue weighted by molar-refractivity contribution is 0.175. The van der Waals surface area contributed by atoms with E-state index in [-0.39, 0.29) is 36.0 Å². The molecule has 2 N–H and O–H groups in total. The number of halogens is 2. The zero-order valence-electron chi connectivity index (χ0n) is 15.1. The summed E-state index contributed by atoms with van der Waals surface area (Å²) in [5, 5.41) is 12.7. The van der Waals surface area contributed by atoms with Gasteiger partial charge in [-0.25, -0.2) is 0 Å². The fourth-order valence-corrected chi connectivity index (χ4v) is 3.74. The van der Waals surface area contributed by atoms with Gasteiger partial charge in [0.2, 0.25) is 0 Å². The van der Waals surface area contributed by atoms with Gasteiger partial charge in [-0.2, -0.15) is 0 Å². The van der Waals surface area contributed by atoms with Gasteiger partial charge >= 0.3 is 0 Å². The maximum absolute atomic E-state index is 9.35. The van der Waals surface area contributed by atoms with Crippen LogP contribution < -0.4 is 5.32 Å². The highest BCUT2D eigenvalue weighted by Gasteiger charge is 2.25. The molecule has 0 aromatic carbocycles. The molecule has 140 valence electrons. The molecule has 4 nitrogen and oxygen atoms in total. The number of hydrogen-bond donors (Lipinski definition) is 2. The maximum atomic E-state index is 9.35. The normalized spacial score (nSPS) is 12.0. The van der Waals surface area contributed by atoms with E-state index in [0.717, 1.165) is 49.2 Å². The van der Waals surface area contributed by atoms with Crippen molar-refractivity contribution >= 4 is 52.9 Å². The van der Waals surface area contributed by atoms with Gasteiger partial charge < -0.3 is 15.3 Å². The van der Waals surface area contributed by atoms with Crippen molar-refractivity contribution in [3.63, 3.8) is 0 Å². The second kappa shape index (κ2) is 12.3. The number of nitrogens with zero attached hydrogens (tertiary/aromatic N) is 2. The van der Waals surface area contributed by atoms with Crippen molar-refractivity contribution in [1.82, 2.24) is 10.2 Å². The Morgan fingerprint density at radius 2 is 2.00 bits per heavy atom. The van der Waals surface area contributed by atoms with Crippen LogP contribution in [0.2, 0.25) is 4.34 Å². The highest BCUT2D eigenvalue weighted by molar-refractivity contribution is 14.0. The monoisotopic (exact) mass is 487 g/mol. The van der Waals surface area contributed by atoms with Gasteiger partial charge in [-0.3, -0.25) is 4.99 Å². The quantitative estimate of drug-likeness (QED) is 0.304. The molecule has 0 saturated carbocycles. The molecule has 1 aromatic rings. The number of aliphatic hydroxyl groups is 1. The fraction of sp³-hybridized carbons (Fsp3) is 0.706. The molecule has 0 fully saturated rings. The van der Waals surface area contributed by atoms with Crippen LogP contribution in [0.1, 0.15) is 44.9 Å². The van der Waals surface area contributed by atoms with Gasteiger partial charge in [0.15, 0.2) is 5.96 Å². The van der Waals surface area contributed by atoms with Crippen molar-refractivity contribution < 1.29 is 5.11 Å². The van der Waals surface area contributed by atoms with Crippen LogP contribution in [0.3, 0.4) is 0 Å². The van der Waals surface area contributed by atoms with Crippen LogP contribution in [-0.4, -0.2) is 42.7 Å². The first kappa shape index (κ1) is 23.9. The largest absolute Gasteiger partial charge is 0.396 e. The van der Waals surface area contributed by atoms with E-state index in [1.807, 2.05) is 13.1 Å². The Morgan fingerprint density at radius 3 is 2.46 bits per heavy atom. The first-order chi connectivity index (χ1) is 11.0. The van der Waals surface area contributed by atoms with Crippen molar-refractivity contribution in [2.24, 2.45) is 10.4 Å². The molecule has 0 aliphatic rings. The standard InChI is InChI=1S/C17H30ClN3OS.HI/c1-5-17(6-2,10-11-22)13-20-16(19-7-3)21(4)12-14-8-9-15(18)23-14;/h8-9,22H,5-7,10-13H2,1-4H3,(H,19,20);1H. The summed E-state index contributed by atoms with van der Waals surface area (Å²) in [6, 6.07) is 3.99. The molecule has 0 amide bonds. The third kappa shape index (κ3) is 7.45. The molecule has 1 rings (SSSR count). The lowest BCUT2D eigenvalue weighted by Crippen LogP contribution is -2.39. The van der Waals surface area contributed by atoms with Crippen molar-refractivity contribution in [3.05, 3.63) is 21.3 Å². The minimum atomic E-state index is 0. The second-order valence-corrected chi connectivity index (χ2v) is 7.71. The number of aliphatic imine (C=N–C) groups is 1. The van der Waals surface area contributed by atoms with Crippen LogP contribution >= 0.6 is 46.9 Å². The van der Waals surface area contributed by atoms with Gasteiger partial charge in [-0.05, 0) is 43.7 Å². The van der Waals surface area contributed by atoms with E-state index in [1.165, 1.54) is 4.88 Å². The number of thiophene rings is 1. The number of rotatable bonds is 9. The van der Waals surface area contributed by atoms with Gasteiger partial charge in [-0.1, -0.05) is 25.4 Å². The Balaban J connectivity index is 0.00000529. The first-order valence-corrected chi connectivity index (χ1v) is 9.54. The first-order valence-electron chi connectivity index (χ1n) is 8.34. The van der Waals surface area contributed by atoms with Crippen LogP contribution in [0.25, 0.3) is 0 Å². The van der Waals surface area contributed by atoms with E-state index in [9.17, 15) is 5.11 Å². The molecule has 1 aromatic heterocycles. The van der Waals surface area contributed by atoms with Crippen molar-refractivity contribution in [2.75, 3.05) is 26.7 Å². The zero-order valence-corrected chi connectivity index (χ0v) is 19.0. The Kier molecular flexibility index (Phi) is 12.3.